The summed E-state index contributed by atoms with van der Waals surface area (Å²) in [5.74, 6) is -0.131. The number of hydrogen-bond donors (Lipinski definition) is 2. The van der Waals surface area contributed by atoms with Crippen LogP contribution in [-0.2, 0) is 14.8 Å². The summed E-state index contributed by atoms with van der Waals surface area (Å²) in [6.07, 6.45) is -0.230. The van der Waals surface area contributed by atoms with Crippen molar-refractivity contribution in [3.8, 4) is 5.75 Å². The van der Waals surface area contributed by atoms with Crippen LogP contribution in [0.2, 0.25) is 0 Å². The number of benzene rings is 3. The van der Waals surface area contributed by atoms with Gasteiger partial charge in [0.2, 0.25) is 0 Å². The number of nitrogens with one attached hydrogen (secondary N) is 2. The summed E-state index contributed by atoms with van der Waals surface area (Å²) >= 11 is 0. The number of sulfonamides is 1. The normalized spacial score (nSPS) is 12.1. The van der Waals surface area contributed by atoms with Crippen LogP contribution in [0.5, 0.6) is 5.75 Å². The first-order chi connectivity index (χ1) is 15.2. The summed E-state index contributed by atoms with van der Waals surface area (Å²) in [5.41, 5.74) is 2.74. The van der Waals surface area contributed by atoms with Crippen LogP contribution in [0.4, 0.5) is 15.8 Å². The summed E-state index contributed by atoms with van der Waals surface area (Å²) in [4.78, 5) is 12.7. The monoisotopic (exact) mass is 456 g/mol. The van der Waals surface area contributed by atoms with E-state index in [4.69, 9.17) is 4.74 Å². The summed E-state index contributed by atoms with van der Waals surface area (Å²) in [6.45, 7) is 5.77. The minimum Gasteiger partial charge on any atom is -0.480 e. The lowest BCUT2D eigenvalue weighted by molar-refractivity contribution is -0.122. The molecular weight excluding hydrogens is 431 g/mol. The molecule has 3 aromatic rings. The van der Waals surface area contributed by atoms with Crippen molar-refractivity contribution in [2.45, 2.75) is 38.2 Å². The Hall–Kier alpha value is -3.39. The van der Waals surface area contributed by atoms with Gasteiger partial charge in [-0.1, -0.05) is 19.1 Å². The molecule has 0 spiro atoms. The molecule has 1 atom stereocenters. The van der Waals surface area contributed by atoms with E-state index in [0.29, 0.717) is 17.9 Å². The Bertz CT molecular complexity index is 1190. The summed E-state index contributed by atoms with van der Waals surface area (Å²) in [7, 11) is -3.85. The zero-order valence-corrected chi connectivity index (χ0v) is 18.9. The molecule has 0 radical (unpaired) electrons. The van der Waals surface area contributed by atoms with Gasteiger partial charge in [-0.2, -0.15) is 0 Å². The minimum absolute atomic E-state index is 0.0125. The Labute approximate surface area is 187 Å². The van der Waals surface area contributed by atoms with Crippen LogP contribution < -0.4 is 14.8 Å². The molecule has 168 valence electrons. The maximum atomic E-state index is 13.0. The molecule has 6 nitrogen and oxygen atoms in total. The van der Waals surface area contributed by atoms with E-state index in [9.17, 15) is 17.6 Å². The number of carbonyl (C=O) groups is 1. The summed E-state index contributed by atoms with van der Waals surface area (Å²) < 4.78 is 46.4. The van der Waals surface area contributed by atoms with Gasteiger partial charge < -0.3 is 10.1 Å². The van der Waals surface area contributed by atoms with Gasteiger partial charge in [-0.15, -0.1) is 0 Å². The molecule has 0 unspecified atom stereocenters. The number of halogens is 1. The Balaban J connectivity index is 1.67. The summed E-state index contributed by atoms with van der Waals surface area (Å²) in [5, 5.41) is 2.76. The van der Waals surface area contributed by atoms with E-state index in [1.54, 1.807) is 0 Å². The van der Waals surface area contributed by atoms with E-state index >= 15 is 0 Å². The van der Waals surface area contributed by atoms with Crippen LogP contribution in [0.25, 0.3) is 0 Å². The minimum atomic E-state index is -3.85. The lowest BCUT2D eigenvalue weighted by Crippen LogP contribution is -2.32. The highest BCUT2D eigenvalue weighted by Crippen LogP contribution is 2.23. The Morgan fingerprint density at radius 2 is 1.59 bits per heavy atom. The lowest BCUT2D eigenvalue weighted by atomic mass is 10.1. The third-order valence-corrected chi connectivity index (χ3v) is 6.41. The number of hydrogen-bond acceptors (Lipinski definition) is 4. The second-order valence-electron chi connectivity index (χ2n) is 7.34. The molecule has 0 aliphatic heterocycles. The van der Waals surface area contributed by atoms with Crippen molar-refractivity contribution in [2.24, 2.45) is 0 Å². The number of aryl methyl sites for hydroxylation is 1. The van der Waals surface area contributed by atoms with E-state index in [2.05, 4.69) is 10.0 Å². The molecule has 0 bridgehead atoms. The molecule has 2 N–H and O–H groups in total. The Morgan fingerprint density at radius 3 is 2.22 bits per heavy atom. The predicted octanol–water partition coefficient (Wildman–Crippen LogP) is 5.04. The van der Waals surface area contributed by atoms with Gasteiger partial charge in [0.15, 0.2) is 6.10 Å². The highest BCUT2D eigenvalue weighted by molar-refractivity contribution is 7.92. The van der Waals surface area contributed by atoms with Crippen LogP contribution in [-0.4, -0.2) is 20.4 Å². The van der Waals surface area contributed by atoms with Gasteiger partial charge in [0, 0.05) is 11.4 Å². The van der Waals surface area contributed by atoms with Gasteiger partial charge in [-0.05, 0) is 86.0 Å². The van der Waals surface area contributed by atoms with Crippen molar-refractivity contribution in [1.29, 1.82) is 0 Å². The first kappa shape index (κ1) is 23.3. The van der Waals surface area contributed by atoms with Crippen LogP contribution in [0, 0.1) is 19.7 Å². The van der Waals surface area contributed by atoms with Crippen molar-refractivity contribution in [1.82, 2.24) is 0 Å². The van der Waals surface area contributed by atoms with Gasteiger partial charge >= 0.3 is 0 Å². The van der Waals surface area contributed by atoms with Crippen molar-refractivity contribution < 1.29 is 22.3 Å². The second kappa shape index (κ2) is 9.82. The van der Waals surface area contributed by atoms with Crippen LogP contribution in [0.15, 0.2) is 71.6 Å². The fraction of sp³-hybridized carbons (Fsp3) is 0.208. The molecule has 0 heterocycles. The molecule has 0 saturated carbocycles. The molecule has 32 heavy (non-hydrogen) atoms. The highest BCUT2D eigenvalue weighted by Gasteiger charge is 2.20. The first-order valence-corrected chi connectivity index (χ1v) is 11.6. The Kier molecular flexibility index (Phi) is 7.15. The molecule has 0 aromatic heterocycles. The highest BCUT2D eigenvalue weighted by atomic mass is 32.2. The lowest BCUT2D eigenvalue weighted by Gasteiger charge is -2.19. The fourth-order valence-electron chi connectivity index (χ4n) is 3.00. The SMILES string of the molecule is CC[C@@H](Oc1cccc(C)c1C)C(=O)Nc1ccc(S(=O)(=O)Nc2ccc(F)cc2)cc1. The fourth-order valence-corrected chi connectivity index (χ4v) is 4.06. The first-order valence-electron chi connectivity index (χ1n) is 10.1. The maximum absolute atomic E-state index is 13.0. The standard InChI is InChI=1S/C24H25FN2O4S/c1-4-22(31-23-7-5-6-16(2)17(23)3)24(28)26-19-12-14-21(15-13-19)32(29,30)27-20-10-8-18(25)9-11-20/h5-15,22,27H,4H2,1-3H3,(H,26,28)/t22-/m1/s1. The Morgan fingerprint density at radius 1 is 0.969 bits per heavy atom. The molecule has 0 saturated heterocycles. The van der Waals surface area contributed by atoms with E-state index < -0.39 is 21.9 Å². The third kappa shape index (κ3) is 5.64. The van der Waals surface area contributed by atoms with E-state index in [1.807, 2.05) is 39.0 Å². The largest absolute Gasteiger partial charge is 0.480 e. The third-order valence-electron chi connectivity index (χ3n) is 5.02. The molecule has 0 fully saturated rings. The average molecular weight is 457 g/mol. The average Bonchev–Trinajstić information content (AvgIpc) is 2.76. The van der Waals surface area contributed by atoms with Crippen molar-refractivity contribution >= 4 is 27.3 Å². The van der Waals surface area contributed by atoms with E-state index in [-0.39, 0.29) is 16.5 Å². The van der Waals surface area contributed by atoms with Gasteiger partial charge in [0.25, 0.3) is 15.9 Å². The molecule has 0 aliphatic rings. The van der Waals surface area contributed by atoms with Gasteiger partial charge in [0.1, 0.15) is 11.6 Å². The van der Waals surface area contributed by atoms with Crippen LogP contribution in [0.1, 0.15) is 24.5 Å². The molecule has 0 aliphatic carbocycles. The predicted molar refractivity (Wildman–Crippen MR) is 123 cm³/mol. The van der Waals surface area contributed by atoms with Gasteiger partial charge in [-0.25, -0.2) is 12.8 Å². The van der Waals surface area contributed by atoms with Gasteiger partial charge in [-0.3, -0.25) is 9.52 Å². The van der Waals surface area contributed by atoms with Crippen LogP contribution >= 0.6 is 0 Å². The van der Waals surface area contributed by atoms with Crippen molar-refractivity contribution in [2.75, 3.05) is 10.0 Å². The quantitative estimate of drug-likeness (QED) is 0.497. The van der Waals surface area contributed by atoms with E-state index in [1.165, 1.54) is 48.5 Å². The van der Waals surface area contributed by atoms with Crippen molar-refractivity contribution in [3.63, 3.8) is 0 Å². The van der Waals surface area contributed by atoms with Crippen LogP contribution in [0.3, 0.4) is 0 Å². The number of carbonyl (C=O) groups excluding carboxylic acids is 1. The number of amides is 1. The smallest absolute Gasteiger partial charge is 0.265 e. The zero-order valence-electron chi connectivity index (χ0n) is 18.1. The number of ether oxygens (including phenoxy) is 1. The molecule has 3 rings (SSSR count). The van der Waals surface area contributed by atoms with Crippen molar-refractivity contribution in [3.05, 3.63) is 83.7 Å². The van der Waals surface area contributed by atoms with E-state index in [0.717, 1.165) is 11.1 Å². The second-order valence-corrected chi connectivity index (χ2v) is 9.02. The van der Waals surface area contributed by atoms with Gasteiger partial charge in [0.05, 0.1) is 4.90 Å². The molecule has 1 amide bonds. The molecule has 8 heteroatoms. The molecule has 3 aromatic carbocycles. The topological polar surface area (TPSA) is 84.5 Å². The summed E-state index contributed by atoms with van der Waals surface area (Å²) in [6, 6.07) is 16.5. The molecular formula is C24H25FN2O4S. The zero-order chi connectivity index (χ0) is 23.3. The number of rotatable bonds is 8. The number of anilines is 2. The maximum Gasteiger partial charge on any atom is 0.265 e.